The lowest BCUT2D eigenvalue weighted by molar-refractivity contribution is -0.164. The van der Waals surface area contributed by atoms with Gasteiger partial charge in [0.05, 0.1) is 7.11 Å². The second-order valence-electron chi connectivity index (χ2n) is 9.46. The Balaban J connectivity index is 1.73. The molecule has 0 spiro atoms. The van der Waals surface area contributed by atoms with Gasteiger partial charge in [-0.25, -0.2) is 0 Å². The number of nitrogens with zero attached hydrogens (tertiary/aromatic N) is 1. The lowest BCUT2D eigenvalue weighted by Gasteiger charge is -2.39. The number of ether oxygens (including phenoxy) is 1. The first-order valence-electron chi connectivity index (χ1n) is 12.0. The van der Waals surface area contributed by atoms with Gasteiger partial charge in [0.2, 0.25) is 11.8 Å². The van der Waals surface area contributed by atoms with Crippen LogP contribution in [0.25, 0.3) is 0 Å². The molecule has 10 nitrogen and oxygen atoms in total. The van der Waals surface area contributed by atoms with Gasteiger partial charge in [0, 0.05) is 24.9 Å². The average Bonchev–Trinajstić information content (AvgIpc) is 2.90. The van der Waals surface area contributed by atoms with E-state index in [1.54, 1.807) is 53.4 Å². The number of methoxy groups -OCH3 is 1. The molecule has 0 aromatic heterocycles. The predicted octanol–water partition coefficient (Wildman–Crippen LogP) is 2.17. The van der Waals surface area contributed by atoms with Crippen molar-refractivity contribution in [3.63, 3.8) is 0 Å². The number of carbonyl (C=O) groups is 4. The van der Waals surface area contributed by atoms with Crippen LogP contribution >= 0.6 is 0 Å². The van der Waals surface area contributed by atoms with Crippen molar-refractivity contribution in [2.45, 2.75) is 38.0 Å². The molecule has 1 fully saturated rings. The Morgan fingerprint density at radius 1 is 0.946 bits per heavy atom. The van der Waals surface area contributed by atoms with Gasteiger partial charge in [-0.15, -0.1) is 0 Å². The number of amides is 2. The zero-order valence-corrected chi connectivity index (χ0v) is 20.9. The Morgan fingerprint density at radius 2 is 1.43 bits per heavy atom. The molecule has 1 heterocycles. The van der Waals surface area contributed by atoms with Crippen molar-refractivity contribution in [3.05, 3.63) is 59.7 Å². The van der Waals surface area contributed by atoms with Crippen molar-refractivity contribution in [2.24, 2.45) is 5.41 Å². The van der Waals surface area contributed by atoms with Gasteiger partial charge < -0.3 is 30.3 Å². The molecule has 0 atom stereocenters. The largest absolute Gasteiger partial charge is 0.508 e. The van der Waals surface area contributed by atoms with Crippen LogP contribution in [0.15, 0.2) is 48.5 Å². The highest BCUT2D eigenvalue weighted by Gasteiger charge is 2.49. The number of nitrogens with one attached hydrogen (secondary N) is 1. The molecule has 3 rings (SSSR count). The van der Waals surface area contributed by atoms with Gasteiger partial charge >= 0.3 is 11.9 Å². The van der Waals surface area contributed by atoms with E-state index in [-0.39, 0.29) is 49.8 Å². The first kappa shape index (κ1) is 27.5. The van der Waals surface area contributed by atoms with Crippen LogP contribution in [-0.4, -0.2) is 70.7 Å². The van der Waals surface area contributed by atoms with Crippen molar-refractivity contribution < 1.29 is 39.2 Å². The lowest BCUT2D eigenvalue weighted by atomic mass is 9.72. The SMILES string of the molecule is COC(=O)C1(C(=O)NCC(=O)O)CCN(C(=O)CCC(C)(c2ccc(O)cc2)c2ccc(O)cc2)CC1. The number of rotatable bonds is 9. The summed E-state index contributed by atoms with van der Waals surface area (Å²) in [6.45, 7) is 1.66. The van der Waals surface area contributed by atoms with Crippen LogP contribution in [0.4, 0.5) is 0 Å². The third-order valence-electron chi connectivity index (χ3n) is 7.23. The summed E-state index contributed by atoms with van der Waals surface area (Å²) in [7, 11) is 1.17. The number of aromatic hydroxyl groups is 2. The van der Waals surface area contributed by atoms with E-state index in [4.69, 9.17) is 9.84 Å². The molecule has 0 saturated carbocycles. The van der Waals surface area contributed by atoms with Gasteiger partial charge in [0.15, 0.2) is 0 Å². The van der Waals surface area contributed by atoms with Crippen molar-refractivity contribution >= 4 is 23.8 Å². The summed E-state index contributed by atoms with van der Waals surface area (Å²) in [4.78, 5) is 50.9. The molecule has 2 amide bonds. The number of phenolic OH excluding ortho intramolecular Hbond substituents is 2. The molecule has 198 valence electrons. The molecule has 1 saturated heterocycles. The van der Waals surface area contributed by atoms with Crippen molar-refractivity contribution in [1.29, 1.82) is 0 Å². The zero-order chi connectivity index (χ0) is 27.2. The molecule has 10 heteroatoms. The number of hydrogen-bond acceptors (Lipinski definition) is 7. The van der Waals surface area contributed by atoms with Crippen molar-refractivity contribution in [3.8, 4) is 11.5 Å². The summed E-state index contributed by atoms with van der Waals surface area (Å²) in [5.74, 6) is -2.60. The zero-order valence-electron chi connectivity index (χ0n) is 20.9. The second kappa shape index (κ2) is 11.3. The number of carbonyl (C=O) groups excluding carboxylic acids is 3. The first-order chi connectivity index (χ1) is 17.5. The van der Waals surface area contributed by atoms with Crippen LogP contribution in [0.2, 0.25) is 0 Å². The summed E-state index contributed by atoms with van der Waals surface area (Å²) in [5, 5.41) is 30.6. The number of likely N-dealkylation sites (tertiary alicyclic amines) is 1. The molecule has 2 aromatic carbocycles. The summed E-state index contributed by atoms with van der Waals surface area (Å²) in [6, 6.07) is 13.5. The highest BCUT2D eigenvalue weighted by Crippen LogP contribution is 2.39. The smallest absolute Gasteiger partial charge is 0.322 e. The number of phenols is 2. The molecule has 0 bridgehead atoms. The van der Waals surface area contributed by atoms with Gasteiger partial charge in [-0.3, -0.25) is 19.2 Å². The molecule has 37 heavy (non-hydrogen) atoms. The van der Waals surface area contributed by atoms with Gasteiger partial charge in [0.25, 0.3) is 0 Å². The van der Waals surface area contributed by atoms with Crippen LogP contribution < -0.4 is 5.32 Å². The molecular formula is C27H32N2O8. The van der Waals surface area contributed by atoms with E-state index in [0.29, 0.717) is 6.42 Å². The Hall–Kier alpha value is -4.08. The molecule has 2 aromatic rings. The standard InChI is InChI=1S/C27H32N2O8/c1-26(18-3-7-20(30)8-4-18,19-5-9-21(31)10-6-19)12-11-22(32)29-15-13-27(14-16-29,25(36)37-2)24(35)28-17-23(33)34/h3-10,30-31H,11-17H2,1-2H3,(H,28,35)(H,33,34). The summed E-state index contributed by atoms with van der Waals surface area (Å²) in [5.41, 5.74) is -0.364. The molecule has 0 radical (unpaired) electrons. The predicted molar refractivity (Wildman–Crippen MR) is 133 cm³/mol. The van der Waals surface area contributed by atoms with Crippen LogP contribution in [0.1, 0.15) is 43.7 Å². The third-order valence-corrected chi connectivity index (χ3v) is 7.23. The quantitative estimate of drug-likeness (QED) is 0.295. The third kappa shape index (κ3) is 6.02. The van der Waals surface area contributed by atoms with Crippen molar-refractivity contribution in [1.82, 2.24) is 10.2 Å². The van der Waals surface area contributed by atoms with Crippen LogP contribution in [-0.2, 0) is 29.3 Å². The fourth-order valence-corrected chi connectivity index (χ4v) is 4.81. The minimum absolute atomic E-state index is 0.0179. The Morgan fingerprint density at radius 3 is 1.86 bits per heavy atom. The normalized spacial score (nSPS) is 15.0. The highest BCUT2D eigenvalue weighted by atomic mass is 16.5. The second-order valence-corrected chi connectivity index (χ2v) is 9.46. The molecule has 0 aliphatic carbocycles. The molecule has 0 unspecified atom stereocenters. The fourth-order valence-electron chi connectivity index (χ4n) is 4.81. The van der Waals surface area contributed by atoms with E-state index >= 15 is 0 Å². The first-order valence-corrected chi connectivity index (χ1v) is 12.0. The van der Waals surface area contributed by atoms with Gasteiger partial charge in [-0.2, -0.15) is 0 Å². The Labute approximate surface area is 214 Å². The van der Waals surface area contributed by atoms with Crippen molar-refractivity contribution in [2.75, 3.05) is 26.7 Å². The summed E-state index contributed by atoms with van der Waals surface area (Å²) < 4.78 is 4.84. The lowest BCUT2D eigenvalue weighted by Crippen LogP contribution is -2.55. The number of piperidine rings is 1. The van der Waals surface area contributed by atoms with E-state index in [0.717, 1.165) is 11.1 Å². The fraction of sp³-hybridized carbons (Fsp3) is 0.407. The molecule has 1 aliphatic rings. The number of esters is 1. The minimum atomic E-state index is -1.55. The summed E-state index contributed by atoms with van der Waals surface area (Å²) >= 11 is 0. The van der Waals surface area contributed by atoms with Gasteiger partial charge in [0.1, 0.15) is 23.5 Å². The average molecular weight is 513 g/mol. The molecule has 4 N–H and O–H groups in total. The molecular weight excluding hydrogens is 480 g/mol. The number of carboxylic acids is 1. The van der Waals surface area contributed by atoms with Crippen LogP contribution in [0.5, 0.6) is 11.5 Å². The maximum atomic E-state index is 13.2. The Bertz CT molecular complexity index is 1090. The summed E-state index contributed by atoms with van der Waals surface area (Å²) in [6.07, 6.45) is 0.641. The van der Waals surface area contributed by atoms with Gasteiger partial charge in [-0.1, -0.05) is 31.2 Å². The van der Waals surface area contributed by atoms with E-state index in [1.165, 1.54) is 7.11 Å². The maximum Gasteiger partial charge on any atom is 0.322 e. The molecule has 1 aliphatic heterocycles. The minimum Gasteiger partial charge on any atom is -0.508 e. The monoisotopic (exact) mass is 512 g/mol. The number of hydrogen-bond donors (Lipinski definition) is 4. The topological polar surface area (TPSA) is 153 Å². The number of carboxylic acid groups (broad SMARTS) is 1. The van der Waals surface area contributed by atoms with E-state index in [2.05, 4.69) is 5.32 Å². The van der Waals surface area contributed by atoms with Crippen LogP contribution in [0.3, 0.4) is 0 Å². The van der Waals surface area contributed by atoms with E-state index in [1.807, 2.05) is 6.92 Å². The van der Waals surface area contributed by atoms with Crippen LogP contribution in [0, 0.1) is 5.41 Å². The maximum absolute atomic E-state index is 13.2. The highest BCUT2D eigenvalue weighted by molar-refractivity contribution is 6.03. The van der Waals surface area contributed by atoms with Gasteiger partial charge in [-0.05, 0) is 54.7 Å². The van der Waals surface area contributed by atoms with E-state index < -0.39 is 35.2 Å². The van der Waals surface area contributed by atoms with E-state index in [9.17, 15) is 29.4 Å². The number of aliphatic carboxylic acids is 1. The Kier molecular flexibility index (Phi) is 8.42. The number of benzene rings is 2.